The number of methoxy groups -OCH3 is 1. The van der Waals surface area contributed by atoms with Crippen molar-refractivity contribution in [3.8, 4) is 0 Å². The predicted octanol–water partition coefficient (Wildman–Crippen LogP) is 6.15. The molecule has 0 heterocycles. The van der Waals surface area contributed by atoms with E-state index in [9.17, 15) is 15.0 Å². The van der Waals surface area contributed by atoms with E-state index in [2.05, 4.69) is 54.5 Å². The molecular weight excluding hydrogens is 436 g/mol. The van der Waals surface area contributed by atoms with Crippen LogP contribution in [0.25, 0.3) is 0 Å². The van der Waals surface area contributed by atoms with Crippen LogP contribution < -0.4 is 0 Å². The van der Waals surface area contributed by atoms with Crippen LogP contribution in [-0.2, 0) is 9.53 Å². The lowest BCUT2D eigenvalue weighted by Crippen LogP contribution is -2.65. The first-order valence-corrected chi connectivity index (χ1v) is 14.3. The summed E-state index contributed by atoms with van der Waals surface area (Å²) in [5.74, 6) is 1.11. The first-order chi connectivity index (χ1) is 16.2. The molecule has 2 N–H and O–H groups in total. The molecule has 5 aliphatic carbocycles. The van der Waals surface area contributed by atoms with Crippen LogP contribution in [0.2, 0.25) is 0 Å². The summed E-state index contributed by atoms with van der Waals surface area (Å²) in [5, 5.41) is 22.3. The molecule has 11 atom stereocenters. The predicted molar refractivity (Wildman–Crippen MR) is 138 cm³/mol. The SMILES string of the molecule is COC(=O)[C@@H]1CC(O)[C@]2(C)CC[C@]3(C)C(=CC[C@@H]4[C@@]5(C)CCC(O)C(C)(C)[C@@H]5CC[C@]43C)[C@@H]2[C@H]1C. The Bertz CT molecular complexity index is 923. The molecule has 198 valence electrons. The normalized spacial score (nSPS) is 54.9. The molecule has 5 rings (SSSR count). The van der Waals surface area contributed by atoms with E-state index in [-0.39, 0.29) is 56.9 Å². The largest absolute Gasteiger partial charge is 0.469 e. The van der Waals surface area contributed by atoms with E-state index in [1.165, 1.54) is 25.5 Å². The van der Waals surface area contributed by atoms with Crippen LogP contribution in [0.3, 0.4) is 0 Å². The van der Waals surface area contributed by atoms with Gasteiger partial charge in [0.05, 0.1) is 25.2 Å². The summed E-state index contributed by atoms with van der Waals surface area (Å²) in [5.41, 5.74) is 1.79. The monoisotopic (exact) mass is 486 g/mol. The Morgan fingerprint density at radius 3 is 2.26 bits per heavy atom. The van der Waals surface area contributed by atoms with Gasteiger partial charge in [-0.1, -0.05) is 60.1 Å². The zero-order valence-corrected chi connectivity index (χ0v) is 23.5. The highest BCUT2D eigenvalue weighted by atomic mass is 16.5. The quantitative estimate of drug-likeness (QED) is 0.345. The minimum Gasteiger partial charge on any atom is -0.469 e. The summed E-state index contributed by atoms with van der Waals surface area (Å²) in [6.07, 6.45) is 10.0. The van der Waals surface area contributed by atoms with E-state index in [0.717, 1.165) is 32.1 Å². The zero-order chi connectivity index (χ0) is 25.8. The topological polar surface area (TPSA) is 66.8 Å². The number of esters is 1. The molecule has 4 heteroatoms. The van der Waals surface area contributed by atoms with Gasteiger partial charge >= 0.3 is 5.97 Å². The van der Waals surface area contributed by atoms with E-state index in [0.29, 0.717) is 18.3 Å². The van der Waals surface area contributed by atoms with Crippen LogP contribution >= 0.6 is 0 Å². The number of carbonyl (C=O) groups is 1. The highest BCUT2D eigenvalue weighted by Gasteiger charge is 2.69. The second-order valence-corrected chi connectivity index (χ2v) is 14.9. The Morgan fingerprint density at radius 1 is 0.914 bits per heavy atom. The average Bonchev–Trinajstić information content (AvgIpc) is 2.79. The Labute approximate surface area is 213 Å². The number of hydrogen-bond donors (Lipinski definition) is 2. The van der Waals surface area contributed by atoms with Gasteiger partial charge in [0.15, 0.2) is 0 Å². The fourth-order valence-corrected chi connectivity index (χ4v) is 11.1. The van der Waals surface area contributed by atoms with Crippen LogP contribution in [0.4, 0.5) is 0 Å². The van der Waals surface area contributed by atoms with Crippen LogP contribution in [0, 0.1) is 56.7 Å². The molecule has 0 radical (unpaired) electrons. The number of aliphatic hydroxyl groups excluding tert-OH is 2. The molecule has 0 aromatic carbocycles. The molecule has 0 saturated heterocycles. The van der Waals surface area contributed by atoms with Gasteiger partial charge in [0.25, 0.3) is 0 Å². The first kappa shape index (κ1) is 25.8. The molecule has 0 aromatic rings. The summed E-state index contributed by atoms with van der Waals surface area (Å²) in [7, 11) is 1.48. The Kier molecular flexibility index (Phi) is 5.76. The highest BCUT2D eigenvalue weighted by molar-refractivity contribution is 5.73. The number of hydrogen-bond acceptors (Lipinski definition) is 4. The molecule has 0 amide bonds. The van der Waals surface area contributed by atoms with Gasteiger partial charge in [-0.15, -0.1) is 0 Å². The van der Waals surface area contributed by atoms with Crippen molar-refractivity contribution in [1.82, 2.24) is 0 Å². The smallest absolute Gasteiger partial charge is 0.309 e. The lowest BCUT2D eigenvalue weighted by atomic mass is 9.33. The standard InChI is InChI=1S/C31H50O4/c1-18-19(26(34)35-8)17-24(33)29(5)15-16-30(6)20(25(18)29)9-10-22-28(4)13-12-23(32)27(2,3)21(28)11-14-31(22,30)7/h9,18-19,21-25,32-33H,10-17H2,1-8H3/t18-,19+,21-,22+,23?,24?,25-,28-,29-,30+,31+/m0/s1. The van der Waals surface area contributed by atoms with E-state index >= 15 is 0 Å². The molecule has 5 aliphatic rings. The molecule has 4 fully saturated rings. The number of aliphatic hydroxyl groups is 2. The van der Waals surface area contributed by atoms with Crippen molar-refractivity contribution in [3.63, 3.8) is 0 Å². The summed E-state index contributed by atoms with van der Waals surface area (Å²) < 4.78 is 5.20. The molecule has 2 unspecified atom stereocenters. The minimum atomic E-state index is -0.474. The van der Waals surface area contributed by atoms with Gasteiger partial charge in [0, 0.05) is 5.41 Å². The Hall–Kier alpha value is -0.870. The molecule has 0 spiro atoms. The fourth-order valence-electron chi connectivity index (χ4n) is 11.1. The number of rotatable bonds is 1. The van der Waals surface area contributed by atoms with Gasteiger partial charge in [0.2, 0.25) is 0 Å². The molecule has 4 nitrogen and oxygen atoms in total. The van der Waals surface area contributed by atoms with Crippen LogP contribution in [0.5, 0.6) is 0 Å². The average molecular weight is 487 g/mol. The molecule has 0 aliphatic heterocycles. The summed E-state index contributed by atoms with van der Waals surface area (Å²) in [6.45, 7) is 16.8. The van der Waals surface area contributed by atoms with Crippen molar-refractivity contribution in [1.29, 1.82) is 0 Å². The Balaban J connectivity index is 1.59. The van der Waals surface area contributed by atoms with E-state index in [4.69, 9.17) is 4.74 Å². The van der Waals surface area contributed by atoms with Gasteiger partial charge in [-0.3, -0.25) is 4.79 Å². The maximum atomic E-state index is 12.7. The number of ether oxygens (including phenoxy) is 1. The molecule has 0 aromatic heterocycles. The number of fused-ring (bicyclic) bond motifs is 7. The van der Waals surface area contributed by atoms with Crippen molar-refractivity contribution < 1.29 is 19.7 Å². The summed E-state index contributed by atoms with van der Waals surface area (Å²) in [6, 6.07) is 0. The van der Waals surface area contributed by atoms with Gasteiger partial charge in [-0.2, -0.15) is 0 Å². The van der Waals surface area contributed by atoms with Gasteiger partial charge in [0.1, 0.15) is 0 Å². The number of carbonyl (C=O) groups excluding carboxylic acids is 1. The third-order valence-electron chi connectivity index (χ3n) is 13.6. The highest BCUT2D eigenvalue weighted by Crippen LogP contribution is 2.75. The molecule has 4 saturated carbocycles. The third kappa shape index (κ3) is 3.08. The van der Waals surface area contributed by atoms with Crippen molar-refractivity contribution in [2.75, 3.05) is 7.11 Å². The molecular formula is C31H50O4. The van der Waals surface area contributed by atoms with Gasteiger partial charge in [-0.05, 0) is 96.7 Å². The van der Waals surface area contributed by atoms with Crippen molar-refractivity contribution in [2.45, 2.75) is 112 Å². The summed E-state index contributed by atoms with van der Waals surface area (Å²) in [4.78, 5) is 12.7. The maximum Gasteiger partial charge on any atom is 0.309 e. The molecule has 35 heavy (non-hydrogen) atoms. The van der Waals surface area contributed by atoms with E-state index in [1.54, 1.807) is 0 Å². The minimum absolute atomic E-state index is 0.0416. The third-order valence-corrected chi connectivity index (χ3v) is 13.6. The van der Waals surface area contributed by atoms with Crippen molar-refractivity contribution in [3.05, 3.63) is 11.6 Å². The van der Waals surface area contributed by atoms with Crippen molar-refractivity contribution >= 4 is 5.97 Å². The second-order valence-electron chi connectivity index (χ2n) is 14.9. The second kappa shape index (κ2) is 7.82. The van der Waals surface area contributed by atoms with Crippen LogP contribution in [0.15, 0.2) is 11.6 Å². The fraction of sp³-hybridized carbons (Fsp3) is 0.903. The van der Waals surface area contributed by atoms with Gasteiger partial charge < -0.3 is 14.9 Å². The zero-order valence-electron chi connectivity index (χ0n) is 23.5. The van der Waals surface area contributed by atoms with Gasteiger partial charge in [-0.25, -0.2) is 0 Å². The number of allylic oxidation sites excluding steroid dienone is 2. The molecule has 0 bridgehead atoms. The van der Waals surface area contributed by atoms with E-state index < -0.39 is 6.10 Å². The lowest BCUT2D eigenvalue weighted by Gasteiger charge is -2.71. The summed E-state index contributed by atoms with van der Waals surface area (Å²) >= 11 is 0. The lowest BCUT2D eigenvalue weighted by molar-refractivity contribution is -0.209. The van der Waals surface area contributed by atoms with Crippen molar-refractivity contribution in [2.24, 2.45) is 56.7 Å². The first-order valence-electron chi connectivity index (χ1n) is 14.3. The van der Waals surface area contributed by atoms with Crippen LogP contribution in [-0.4, -0.2) is 35.5 Å². The Morgan fingerprint density at radius 2 is 1.60 bits per heavy atom. The van der Waals surface area contributed by atoms with Crippen LogP contribution in [0.1, 0.15) is 99.8 Å². The maximum absolute atomic E-state index is 12.7. The van der Waals surface area contributed by atoms with E-state index in [1.807, 2.05) is 0 Å².